The summed E-state index contributed by atoms with van der Waals surface area (Å²) in [5.41, 5.74) is -0.871. The molecule has 8 nitrogen and oxygen atoms in total. The van der Waals surface area contributed by atoms with E-state index in [0.29, 0.717) is 5.56 Å². The molecule has 200 valence electrons. The number of nitrogens with one attached hydrogen (secondary N) is 1. The van der Waals surface area contributed by atoms with Gasteiger partial charge in [-0.1, -0.05) is 41.4 Å². The number of imidazole rings is 1. The number of alkyl halides is 4. The molecule has 2 heterocycles. The number of aryl methyl sites for hydroxylation is 1. The molecule has 2 aliphatic rings. The van der Waals surface area contributed by atoms with Gasteiger partial charge in [-0.2, -0.15) is 4.31 Å². The van der Waals surface area contributed by atoms with Gasteiger partial charge < -0.3 is 9.88 Å². The average molecular weight is 587 g/mol. The molecule has 2 fully saturated rings. The molecule has 0 bridgehead atoms. The van der Waals surface area contributed by atoms with Crippen LogP contribution < -0.4 is 5.32 Å². The lowest BCUT2D eigenvalue weighted by Gasteiger charge is -2.55. The van der Waals surface area contributed by atoms with Gasteiger partial charge in [0.05, 0.1) is 11.9 Å². The quantitative estimate of drug-likeness (QED) is 0.413. The van der Waals surface area contributed by atoms with Crippen molar-refractivity contribution >= 4 is 51.5 Å². The predicted octanol–water partition coefficient (Wildman–Crippen LogP) is 3.66. The Labute approximate surface area is 225 Å². The van der Waals surface area contributed by atoms with E-state index in [-0.39, 0.29) is 56.5 Å². The van der Waals surface area contributed by atoms with Crippen molar-refractivity contribution in [2.75, 3.05) is 26.2 Å². The number of halogens is 5. The van der Waals surface area contributed by atoms with Crippen molar-refractivity contribution in [3.8, 4) is 0 Å². The van der Waals surface area contributed by atoms with Crippen molar-refractivity contribution < 1.29 is 22.0 Å². The van der Waals surface area contributed by atoms with Crippen LogP contribution in [0.5, 0.6) is 0 Å². The molecule has 0 radical (unpaired) electrons. The molecule has 36 heavy (non-hydrogen) atoms. The summed E-state index contributed by atoms with van der Waals surface area (Å²) in [6.07, 6.45) is 1.83. The van der Waals surface area contributed by atoms with E-state index in [9.17, 15) is 22.0 Å². The minimum atomic E-state index is -3.81. The zero-order valence-electron chi connectivity index (χ0n) is 19.5. The Morgan fingerprint density at radius 2 is 1.64 bits per heavy atom. The lowest BCUT2D eigenvalue weighted by atomic mass is 9.77. The van der Waals surface area contributed by atoms with E-state index in [0.717, 1.165) is 0 Å². The van der Waals surface area contributed by atoms with E-state index in [1.165, 1.54) is 16.8 Å². The molecular formula is C22H28Cl3F2N5O3S. The van der Waals surface area contributed by atoms with Crippen molar-refractivity contribution in [1.82, 2.24) is 24.1 Å². The van der Waals surface area contributed by atoms with Crippen LogP contribution in [0.15, 0.2) is 47.9 Å². The molecule has 14 heteroatoms. The van der Waals surface area contributed by atoms with Crippen molar-refractivity contribution in [3.63, 3.8) is 0 Å². The normalized spacial score (nSPS) is 20.9. The summed E-state index contributed by atoms with van der Waals surface area (Å²) >= 11 is 13.5. The van der Waals surface area contributed by atoms with Crippen LogP contribution >= 0.6 is 35.6 Å². The maximum absolute atomic E-state index is 14.2. The largest absolute Gasteiger partial charge is 0.339 e. The summed E-state index contributed by atoms with van der Waals surface area (Å²) in [5, 5.41) is 2.58. The van der Waals surface area contributed by atoms with Crippen LogP contribution in [-0.2, 0) is 17.1 Å². The first-order valence-electron chi connectivity index (χ1n) is 11.2. The van der Waals surface area contributed by atoms with Crippen LogP contribution in [0.25, 0.3) is 0 Å². The molecule has 4 rings (SSSR count). The summed E-state index contributed by atoms with van der Waals surface area (Å²) in [5.74, 6) is -3.38. The van der Waals surface area contributed by atoms with Gasteiger partial charge in [-0.05, 0) is 25.0 Å². The minimum Gasteiger partial charge on any atom is -0.339 e. The summed E-state index contributed by atoms with van der Waals surface area (Å²) in [7, 11) is -2.13. The SMILES string of the molecule is Cl.Cn1cnc(S(=O)(=O)N2CCN(C3(C(Cl)(Cl)NC(=O)c4ccccc4)CCC(F)(F)CC3)CC2)c1. The van der Waals surface area contributed by atoms with Crippen molar-refractivity contribution in [2.24, 2.45) is 7.05 Å². The summed E-state index contributed by atoms with van der Waals surface area (Å²) in [6.45, 7) is 0.626. The van der Waals surface area contributed by atoms with E-state index >= 15 is 0 Å². The number of piperazine rings is 1. The van der Waals surface area contributed by atoms with Crippen molar-refractivity contribution in [3.05, 3.63) is 48.4 Å². The average Bonchev–Trinajstić information content (AvgIpc) is 3.27. The zero-order chi connectivity index (χ0) is 25.5. The van der Waals surface area contributed by atoms with Gasteiger partial charge in [-0.25, -0.2) is 22.2 Å². The van der Waals surface area contributed by atoms with E-state index < -0.39 is 44.7 Å². The maximum atomic E-state index is 14.2. The molecule has 1 amide bonds. The first-order valence-corrected chi connectivity index (χ1v) is 13.4. The monoisotopic (exact) mass is 585 g/mol. The van der Waals surface area contributed by atoms with Gasteiger partial charge in [0.25, 0.3) is 15.9 Å². The molecule has 1 saturated carbocycles. The highest BCUT2D eigenvalue weighted by atomic mass is 35.5. The molecule has 1 aliphatic carbocycles. The number of amides is 1. The number of hydrogen-bond donors (Lipinski definition) is 1. The number of carbonyl (C=O) groups excluding carboxylic acids is 1. The number of benzene rings is 1. The lowest BCUT2D eigenvalue weighted by Crippen LogP contribution is -2.70. The molecular weight excluding hydrogens is 559 g/mol. The Morgan fingerprint density at radius 3 is 2.17 bits per heavy atom. The maximum Gasteiger partial charge on any atom is 0.262 e. The number of hydrogen-bond acceptors (Lipinski definition) is 5. The van der Waals surface area contributed by atoms with E-state index in [1.807, 2.05) is 4.90 Å². The topological polar surface area (TPSA) is 87.5 Å². The summed E-state index contributed by atoms with van der Waals surface area (Å²) in [6, 6.07) is 8.34. The van der Waals surface area contributed by atoms with Crippen molar-refractivity contribution in [1.29, 1.82) is 0 Å². The Hall–Kier alpha value is -1.50. The molecule has 0 atom stereocenters. The Bertz CT molecular complexity index is 1160. The molecule has 0 unspecified atom stereocenters. The first-order chi connectivity index (χ1) is 16.4. The van der Waals surface area contributed by atoms with E-state index in [2.05, 4.69) is 10.3 Å². The van der Waals surface area contributed by atoms with E-state index in [1.54, 1.807) is 41.9 Å². The molecule has 0 spiro atoms. The van der Waals surface area contributed by atoms with Gasteiger partial charge in [0.15, 0.2) is 5.03 Å². The molecule has 1 aliphatic heterocycles. The number of carbonyl (C=O) groups is 1. The smallest absolute Gasteiger partial charge is 0.262 e. The zero-order valence-corrected chi connectivity index (χ0v) is 22.7. The summed E-state index contributed by atoms with van der Waals surface area (Å²) < 4.78 is 55.2. The van der Waals surface area contributed by atoms with Gasteiger partial charge in [0, 0.05) is 57.8 Å². The second-order valence-electron chi connectivity index (χ2n) is 9.05. The highest BCUT2D eigenvalue weighted by molar-refractivity contribution is 7.89. The Morgan fingerprint density at radius 1 is 1.06 bits per heavy atom. The molecule has 1 aromatic heterocycles. The summed E-state index contributed by atoms with van der Waals surface area (Å²) in [4.78, 5) is 18.6. The fraction of sp³-hybridized carbons (Fsp3) is 0.545. The van der Waals surface area contributed by atoms with Gasteiger partial charge >= 0.3 is 0 Å². The third-order valence-corrected chi connectivity index (χ3v) is 9.51. The fourth-order valence-electron chi connectivity index (χ4n) is 4.79. The minimum absolute atomic E-state index is 0. The van der Waals surface area contributed by atoms with Crippen molar-refractivity contribution in [2.45, 2.75) is 46.6 Å². The number of nitrogens with zero attached hydrogens (tertiary/aromatic N) is 4. The lowest BCUT2D eigenvalue weighted by molar-refractivity contribution is -0.0935. The molecule has 2 aromatic rings. The molecule has 1 saturated heterocycles. The Balaban J connectivity index is 0.00000361. The van der Waals surface area contributed by atoms with Crippen LogP contribution in [0.3, 0.4) is 0 Å². The standard InChI is InChI=1S/C22H27Cl2F2N5O3S.ClH/c1-29-15-18(27-16-29)35(33,34)31-13-11-30(12-14-31)20(7-9-21(25,26)10-8-20)22(23,24)28-19(32)17-5-3-2-4-6-17;/h2-6,15-16H,7-14H2,1H3,(H,28,32);1H. The van der Waals surface area contributed by atoms with Gasteiger partial charge in [0.1, 0.15) is 0 Å². The highest BCUT2D eigenvalue weighted by Gasteiger charge is 2.58. The number of aromatic nitrogens is 2. The second kappa shape index (κ2) is 10.7. The first kappa shape index (κ1) is 29.1. The number of sulfonamides is 1. The molecule has 1 N–H and O–H groups in total. The van der Waals surface area contributed by atoms with Crippen LogP contribution in [-0.4, -0.2) is 75.2 Å². The van der Waals surface area contributed by atoms with E-state index in [4.69, 9.17) is 23.2 Å². The number of rotatable bonds is 6. The third-order valence-electron chi connectivity index (χ3n) is 6.83. The van der Waals surface area contributed by atoms with Crippen LogP contribution in [0.1, 0.15) is 36.0 Å². The van der Waals surface area contributed by atoms with Crippen LogP contribution in [0, 0.1) is 0 Å². The highest BCUT2D eigenvalue weighted by Crippen LogP contribution is 2.50. The Kier molecular flexibility index (Phi) is 8.64. The van der Waals surface area contributed by atoms with Gasteiger partial charge in [0.2, 0.25) is 10.4 Å². The third kappa shape index (κ3) is 5.66. The molecule has 1 aromatic carbocycles. The predicted molar refractivity (Wildman–Crippen MR) is 135 cm³/mol. The van der Waals surface area contributed by atoms with Gasteiger partial charge in [-0.3, -0.25) is 9.69 Å². The van der Waals surface area contributed by atoms with Gasteiger partial charge in [-0.15, -0.1) is 12.4 Å². The second-order valence-corrected chi connectivity index (χ2v) is 12.3. The fourth-order valence-corrected chi connectivity index (χ4v) is 6.97. The van der Waals surface area contributed by atoms with Crippen LogP contribution in [0.4, 0.5) is 8.78 Å². The van der Waals surface area contributed by atoms with Crippen LogP contribution in [0.2, 0.25) is 0 Å².